The number of benzene rings is 1. The molecule has 0 bridgehead atoms. The van der Waals surface area contributed by atoms with Gasteiger partial charge in [0.05, 0.1) is 18.4 Å². The first-order valence-corrected chi connectivity index (χ1v) is 5.97. The average Bonchev–Trinajstić information content (AvgIpc) is 2.75. The van der Waals surface area contributed by atoms with E-state index in [0.717, 1.165) is 23.0 Å². The number of hydrogen-bond donors (Lipinski definition) is 0. The van der Waals surface area contributed by atoms with E-state index in [0.29, 0.717) is 11.9 Å². The molecule has 0 spiro atoms. The lowest BCUT2D eigenvalue weighted by molar-refractivity contribution is 0.0955. The number of pyridine rings is 1. The smallest absolute Gasteiger partial charge is 0.135 e. The molecular weight excluding hydrogens is 236 g/mol. The number of halogens is 1. The van der Waals surface area contributed by atoms with Gasteiger partial charge in [0.25, 0.3) is 0 Å². The molecule has 1 aromatic carbocycles. The van der Waals surface area contributed by atoms with Gasteiger partial charge in [0.2, 0.25) is 0 Å². The van der Waals surface area contributed by atoms with E-state index in [1.807, 2.05) is 31.3 Å². The van der Waals surface area contributed by atoms with Crippen LogP contribution >= 0.6 is 11.6 Å². The molecular formula is C13H13ClN2O. The zero-order chi connectivity index (χ0) is 11.8. The number of ether oxygens (including phenoxy) is 1. The van der Waals surface area contributed by atoms with Crippen LogP contribution in [-0.2, 0) is 4.74 Å². The van der Waals surface area contributed by atoms with E-state index < -0.39 is 0 Å². The van der Waals surface area contributed by atoms with E-state index in [-0.39, 0.29) is 6.10 Å². The monoisotopic (exact) mass is 248 g/mol. The first-order chi connectivity index (χ1) is 8.24. The molecule has 0 amide bonds. The number of hydrogen-bond acceptors (Lipinski definition) is 3. The molecule has 1 fully saturated rings. The third-order valence-corrected chi connectivity index (χ3v) is 3.33. The highest BCUT2D eigenvalue weighted by atomic mass is 35.5. The van der Waals surface area contributed by atoms with E-state index in [1.165, 1.54) is 0 Å². The van der Waals surface area contributed by atoms with Crippen molar-refractivity contribution in [3.05, 3.63) is 41.0 Å². The highest BCUT2D eigenvalue weighted by Gasteiger charge is 2.24. The van der Waals surface area contributed by atoms with Crippen LogP contribution in [0, 0.1) is 0 Å². The van der Waals surface area contributed by atoms with Gasteiger partial charge in [-0.05, 0) is 19.2 Å². The van der Waals surface area contributed by atoms with E-state index in [2.05, 4.69) is 16.0 Å². The van der Waals surface area contributed by atoms with Gasteiger partial charge in [-0.15, -0.1) is 0 Å². The minimum atomic E-state index is 0.0320. The number of likely N-dealkylation sites (N-methyl/N-ethyl adjacent to an activating group) is 1. The zero-order valence-electron chi connectivity index (χ0n) is 9.56. The molecule has 0 saturated carbocycles. The molecule has 2 heterocycles. The number of para-hydroxylation sites is 1. The van der Waals surface area contributed by atoms with Crippen LogP contribution in [0.4, 0.5) is 0 Å². The highest BCUT2D eigenvalue weighted by Crippen LogP contribution is 2.30. The average molecular weight is 249 g/mol. The van der Waals surface area contributed by atoms with Crippen molar-refractivity contribution >= 4 is 22.5 Å². The van der Waals surface area contributed by atoms with Crippen LogP contribution in [0.15, 0.2) is 30.3 Å². The Hall–Kier alpha value is -1.16. The fraction of sp³-hybridized carbons (Fsp3) is 0.308. The summed E-state index contributed by atoms with van der Waals surface area (Å²) in [5, 5.41) is 1.65. The van der Waals surface area contributed by atoms with Gasteiger partial charge in [0.15, 0.2) is 0 Å². The Balaban J connectivity index is 2.07. The van der Waals surface area contributed by atoms with Crippen LogP contribution in [0.1, 0.15) is 11.7 Å². The molecule has 0 N–H and O–H groups in total. The van der Waals surface area contributed by atoms with Gasteiger partial charge >= 0.3 is 0 Å². The molecule has 0 aliphatic carbocycles. The molecule has 1 atom stereocenters. The highest BCUT2D eigenvalue weighted by molar-refractivity contribution is 6.30. The minimum Gasteiger partial charge on any atom is -0.357 e. The standard InChI is InChI=1S/C13H13ClN2O/c1-16-7-12(17-8-16)10-6-9-4-2-3-5-11(9)15-13(10)14/h2-6,12H,7-8H2,1H3. The topological polar surface area (TPSA) is 25.4 Å². The second-order valence-electron chi connectivity index (χ2n) is 4.38. The summed E-state index contributed by atoms with van der Waals surface area (Å²) in [5.74, 6) is 0. The summed E-state index contributed by atoms with van der Waals surface area (Å²) in [6.45, 7) is 1.51. The van der Waals surface area contributed by atoms with Crippen LogP contribution in [0.2, 0.25) is 5.15 Å². The third-order valence-electron chi connectivity index (χ3n) is 3.03. The normalized spacial score (nSPS) is 21.2. The summed E-state index contributed by atoms with van der Waals surface area (Å²) in [5.41, 5.74) is 1.90. The lowest BCUT2D eigenvalue weighted by Crippen LogP contribution is -2.13. The van der Waals surface area contributed by atoms with Crippen LogP contribution < -0.4 is 0 Å². The maximum Gasteiger partial charge on any atom is 0.135 e. The van der Waals surface area contributed by atoms with Crippen molar-refractivity contribution in [3.8, 4) is 0 Å². The first-order valence-electron chi connectivity index (χ1n) is 5.59. The molecule has 17 heavy (non-hydrogen) atoms. The SMILES string of the molecule is CN1COC(c2cc3ccccc3nc2Cl)C1. The summed E-state index contributed by atoms with van der Waals surface area (Å²) < 4.78 is 5.68. The molecule has 3 rings (SSSR count). The lowest BCUT2D eigenvalue weighted by Gasteiger charge is -2.11. The molecule has 2 aromatic rings. The van der Waals surface area contributed by atoms with Gasteiger partial charge in [0.1, 0.15) is 5.15 Å². The van der Waals surface area contributed by atoms with Crippen molar-refractivity contribution in [3.63, 3.8) is 0 Å². The predicted octanol–water partition coefficient (Wildman–Crippen LogP) is 2.85. The van der Waals surface area contributed by atoms with Crippen molar-refractivity contribution < 1.29 is 4.74 Å². The number of nitrogens with zero attached hydrogens (tertiary/aromatic N) is 2. The van der Waals surface area contributed by atoms with Crippen molar-refractivity contribution in [2.75, 3.05) is 20.3 Å². The first kappa shape index (κ1) is 11.0. The molecule has 1 unspecified atom stereocenters. The summed E-state index contributed by atoms with van der Waals surface area (Å²) in [7, 11) is 2.03. The molecule has 1 aromatic heterocycles. The second-order valence-corrected chi connectivity index (χ2v) is 4.74. The van der Waals surface area contributed by atoms with Gasteiger partial charge < -0.3 is 4.74 Å². The van der Waals surface area contributed by atoms with Crippen molar-refractivity contribution in [1.29, 1.82) is 0 Å². The van der Waals surface area contributed by atoms with Crippen molar-refractivity contribution in [2.24, 2.45) is 0 Å². The Morgan fingerprint density at radius 2 is 2.24 bits per heavy atom. The molecule has 1 saturated heterocycles. The maximum absolute atomic E-state index is 6.22. The Morgan fingerprint density at radius 1 is 1.41 bits per heavy atom. The Bertz CT molecular complexity index is 558. The van der Waals surface area contributed by atoms with Gasteiger partial charge in [-0.3, -0.25) is 4.90 Å². The number of rotatable bonds is 1. The predicted molar refractivity (Wildman–Crippen MR) is 68.1 cm³/mol. The third kappa shape index (κ3) is 2.02. The van der Waals surface area contributed by atoms with E-state index >= 15 is 0 Å². The van der Waals surface area contributed by atoms with E-state index in [4.69, 9.17) is 16.3 Å². The summed E-state index contributed by atoms with van der Waals surface area (Å²) in [6.07, 6.45) is 0.0320. The van der Waals surface area contributed by atoms with Crippen LogP contribution in [-0.4, -0.2) is 30.2 Å². The fourth-order valence-electron chi connectivity index (χ4n) is 2.13. The van der Waals surface area contributed by atoms with Crippen LogP contribution in [0.5, 0.6) is 0 Å². The Kier molecular flexibility index (Phi) is 2.74. The maximum atomic E-state index is 6.22. The Morgan fingerprint density at radius 3 is 3.00 bits per heavy atom. The van der Waals surface area contributed by atoms with E-state index in [9.17, 15) is 0 Å². The Labute approximate surface area is 105 Å². The van der Waals surface area contributed by atoms with Gasteiger partial charge in [-0.1, -0.05) is 29.8 Å². The minimum absolute atomic E-state index is 0.0320. The number of aromatic nitrogens is 1. The largest absolute Gasteiger partial charge is 0.357 e. The summed E-state index contributed by atoms with van der Waals surface area (Å²) >= 11 is 6.22. The quantitative estimate of drug-likeness (QED) is 0.726. The van der Waals surface area contributed by atoms with Crippen molar-refractivity contribution in [2.45, 2.75) is 6.10 Å². The molecule has 88 valence electrons. The fourth-order valence-corrected chi connectivity index (χ4v) is 2.40. The van der Waals surface area contributed by atoms with Gasteiger partial charge in [0, 0.05) is 17.5 Å². The number of fused-ring (bicyclic) bond motifs is 1. The van der Waals surface area contributed by atoms with E-state index in [1.54, 1.807) is 0 Å². The molecule has 1 aliphatic heterocycles. The molecule has 4 heteroatoms. The van der Waals surface area contributed by atoms with Gasteiger partial charge in [-0.2, -0.15) is 0 Å². The molecule has 1 aliphatic rings. The van der Waals surface area contributed by atoms with Gasteiger partial charge in [-0.25, -0.2) is 4.98 Å². The summed E-state index contributed by atoms with van der Waals surface area (Å²) in [4.78, 5) is 6.53. The van der Waals surface area contributed by atoms with Crippen LogP contribution in [0.3, 0.4) is 0 Å². The molecule has 0 radical (unpaired) electrons. The lowest BCUT2D eigenvalue weighted by atomic mass is 10.1. The van der Waals surface area contributed by atoms with Crippen LogP contribution in [0.25, 0.3) is 10.9 Å². The summed E-state index contributed by atoms with van der Waals surface area (Å²) in [6, 6.07) is 10.1. The molecule has 3 nitrogen and oxygen atoms in total. The second kappa shape index (κ2) is 4.26. The zero-order valence-corrected chi connectivity index (χ0v) is 10.3. The van der Waals surface area contributed by atoms with Crippen molar-refractivity contribution in [1.82, 2.24) is 9.88 Å².